The smallest absolute Gasteiger partial charge is 0.370 e. The number of fused-ring (bicyclic) bond motifs is 1. The van der Waals surface area contributed by atoms with E-state index in [1.165, 1.54) is 58.1 Å². The van der Waals surface area contributed by atoms with Crippen LogP contribution in [0.4, 0.5) is 0 Å². The van der Waals surface area contributed by atoms with E-state index in [2.05, 4.69) is 10.6 Å². The molecule has 0 saturated heterocycles. The molecule has 1 amide bonds. The van der Waals surface area contributed by atoms with Crippen LogP contribution in [0, 0.1) is 40.4 Å². The molecule has 34 heavy (non-hydrogen) atoms. The van der Waals surface area contributed by atoms with E-state index in [0.29, 0.717) is 29.8 Å². The molecule has 6 unspecified atom stereocenters. The lowest BCUT2D eigenvalue weighted by atomic mass is 9.36. The van der Waals surface area contributed by atoms with Crippen molar-refractivity contribution in [1.82, 2.24) is 10.6 Å². The summed E-state index contributed by atoms with van der Waals surface area (Å²) in [7, 11) is 1.30. The van der Waals surface area contributed by atoms with Gasteiger partial charge in [0.25, 0.3) is 5.91 Å². The Kier molecular flexibility index (Phi) is 6.34. The van der Waals surface area contributed by atoms with Crippen molar-refractivity contribution in [2.75, 3.05) is 20.3 Å². The van der Waals surface area contributed by atoms with E-state index in [1.807, 2.05) is 0 Å². The fourth-order valence-corrected chi connectivity index (χ4v) is 8.06. The number of carbonyl (C=O) groups excluding carboxylic acids is 1. The number of carboxylic acid groups (broad SMARTS) is 1. The van der Waals surface area contributed by atoms with Gasteiger partial charge in [-0.25, -0.2) is 4.79 Å². The van der Waals surface area contributed by atoms with Gasteiger partial charge in [-0.2, -0.15) is 0 Å². The van der Waals surface area contributed by atoms with E-state index in [-0.39, 0.29) is 35.7 Å². The Hall–Kier alpha value is -2.51. The van der Waals surface area contributed by atoms with Crippen molar-refractivity contribution in [3.05, 3.63) is 23.3 Å². The maximum absolute atomic E-state index is 13.3. The third-order valence-corrected chi connectivity index (χ3v) is 9.49. The molecule has 0 heterocycles. The molecule has 0 aromatic carbocycles. The summed E-state index contributed by atoms with van der Waals surface area (Å²) in [4.78, 5) is 24.5. The molecule has 1 spiro atoms. The quantitative estimate of drug-likeness (QED) is 0.209. The van der Waals surface area contributed by atoms with Gasteiger partial charge in [-0.3, -0.25) is 4.79 Å². The molecule has 4 N–H and O–H groups in total. The average Bonchev–Trinajstić information content (AvgIpc) is 3.35. The summed E-state index contributed by atoms with van der Waals surface area (Å²) < 4.78 is 11.0. The summed E-state index contributed by atoms with van der Waals surface area (Å²) in [5.74, 6) is 1.94. The van der Waals surface area contributed by atoms with Crippen LogP contribution in [0.5, 0.6) is 0 Å². The summed E-state index contributed by atoms with van der Waals surface area (Å²) in [5.41, 5.74) is 0.673. The number of carbonyl (C=O) groups is 2. The van der Waals surface area contributed by atoms with Crippen molar-refractivity contribution < 1.29 is 24.2 Å². The van der Waals surface area contributed by atoms with Gasteiger partial charge in [-0.15, -0.1) is 0 Å². The van der Waals surface area contributed by atoms with Gasteiger partial charge in [-0.1, -0.05) is 19.3 Å². The first-order valence-electron chi connectivity index (χ1n) is 12.9. The normalized spacial score (nSPS) is 36.4. The zero-order chi connectivity index (χ0) is 23.9. The van der Waals surface area contributed by atoms with E-state index >= 15 is 0 Å². The molecule has 5 rings (SSSR count). The van der Waals surface area contributed by atoms with Crippen molar-refractivity contribution in [3.8, 4) is 0 Å². The Morgan fingerprint density at radius 2 is 1.91 bits per heavy atom. The van der Waals surface area contributed by atoms with Crippen LogP contribution in [0.2, 0.25) is 0 Å². The number of rotatable bonds is 11. The lowest BCUT2D eigenvalue weighted by Gasteiger charge is -2.70. The Balaban J connectivity index is 1.28. The molecule has 6 atom stereocenters. The van der Waals surface area contributed by atoms with Gasteiger partial charge < -0.3 is 30.6 Å². The standard InChI is InChI=1S/C26H37N3O5/c1-33-21(25(31)32)7-8-28-24(34-14-15-5-3-2-4-6-15)18(13-27)23(30)29-22-19-10-16-9-17-11-20(22)26(17,19)12-16/h7,13,15-17,19-20,22,27-28H,2-6,8-12,14H2,1H3,(H,29,30)(H,31,32)/b21-7-,24-18-,27-13?. The number of hydrogen-bond donors (Lipinski definition) is 4. The number of aliphatic carboxylic acids is 1. The zero-order valence-electron chi connectivity index (χ0n) is 20.0. The zero-order valence-corrected chi connectivity index (χ0v) is 20.0. The number of ether oxygens (including phenoxy) is 2. The van der Waals surface area contributed by atoms with Crippen LogP contribution >= 0.6 is 0 Å². The number of nitrogens with one attached hydrogen (secondary N) is 3. The summed E-state index contributed by atoms with van der Waals surface area (Å²) >= 11 is 0. The molecule has 8 heteroatoms. The lowest BCUT2D eigenvalue weighted by molar-refractivity contribution is -0.203. The van der Waals surface area contributed by atoms with Gasteiger partial charge in [-0.05, 0) is 79.6 Å². The van der Waals surface area contributed by atoms with E-state index in [4.69, 9.17) is 14.9 Å². The number of methoxy groups -OCH3 is 1. The van der Waals surface area contributed by atoms with Crippen LogP contribution in [-0.2, 0) is 19.1 Å². The molecule has 5 saturated carbocycles. The molecule has 0 aromatic rings. The minimum atomic E-state index is -1.16. The first-order valence-corrected chi connectivity index (χ1v) is 12.9. The molecular formula is C26H37N3O5. The van der Waals surface area contributed by atoms with Gasteiger partial charge in [0.1, 0.15) is 5.57 Å². The number of carboxylic acids is 1. The van der Waals surface area contributed by atoms with Crippen molar-refractivity contribution in [3.63, 3.8) is 0 Å². The van der Waals surface area contributed by atoms with E-state index in [1.54, 1.807) is 0 Å². The SMILES string of the molecule is CO/C(=C\CN/C(OCC1CCCCC1)=C(\C=N)C(=O)NC1C2CC3CC4CC1C42C3)C(=O)O. The number of amides is 1. The third-order valence-electron chi connectivity index (χ3n) is 9.49. The summed E-state index contributed by atoms with van der Waals surface area (Å²) in [6, 6.07) is 0.204. The minimum Gasteiger partial charge on any atom is -0.490 e. The first-order chi connectivity index (χ1) is 16.5. The second kappa shape index (κ2) is 9.27. The third kappa shape index (κ3) is 3.79. The van der Waals surface area contributed by atoms with Gasteiger partial charge in [0.15, 0.2) is 0 Å². The van der Waals surface area contributed by atoms with Crippen LogP contribution in [0.15, 0.2) is 23.3 Å². The van der Waals surface area contributed by atoms with Gasteiger partial charge >= 0.3 is 5.97 Å². The molecule has 5 aliphatic carbocycles. The monoisotopic (exact) mass is 471 g/mol. The highest BCUT2D eigenvalue weighted by Crippen LogP contribution is 2.81. The van der Waals surface area contributed by atoms with Gasteiger partial charge in [0.2, 0.25) is 11.6 Å². The largest absolute Gasteiger partial charge is 0.490 e. The predicted octanol–water partition coefficient (Wildman–Crippen LogP) is 3.20. The fraction of sp³-hybridized carbons (Fsp3) is 0.731. The second-order valence-electron chi connectivity index (χ2n) is 11.0. The number of hydrogen-bond acceptors (Lipinski definition) is 6. The molecule has 5 fully saturated rings. The summed E-state index contributed by atoms with van der Waals surface area (Å²) in [5, 5.41) is 23.4. The van der Waals surface area contributed by atoms with E-state index < -0.39 is 5.97 Å². The Morgan fingerprint density at radius 1 is 1.15 bits per heavy atom. The van der Waals surface area contributed by atoms with Crippen molar-refractivity contribution in [1.29, 1.82) is 5.41 Å². The summed E-state index contributed by atoms with van der Waals surface area (Å²) in [6.45, 7) is 0.592. The molecule has 0 aliphatic heterocycles. The highest BCUT2D eigenvalue weighted by molar-refractivity contribution is 6.11. The minimum absolute atomic E-state index is 0.112. The molecule has 0 aromatic heterocycles. The van der Waals surface area contributed by atoms with E-state index in [0.717, 1.165) is 30.9 Å². The fourth-order valence-electron chi connectivity index (χ4n) is 8.06. The highest BCUT2D eigenvalue weighted by Gasteiger charge is 2.77. The Bertz CT molecular complexity index is 908. The Labute approximate surface area is 201 Å². The maximum atomic E-state index is 13.3. The van der Waals surface area contributed by atoms with Crippen molar-refractivity contribution in [2.45, 2.75) is 63.8 Å². The van der Waals surface area contributed by atoms with E-state index in [9.17, 15) is 14.7 Å². The highest BCUT2D eigenvalue weighted by atomic mass is 16.5. The predicted molar refractivity (Wildman–Crippen MR) is 126 cm³/mol. The van der Waals surface area contributed by atoms with Crippen LogP contribution in [0.3, 0.4) is 0 Å². The van der Waals surface area contributed by atoms with Crippen LogP contribution < -0.4 is 10.6 Å². The molecule has 2 bridgehead atoms. The van der Waals surface area contributed by atoms with Crippen LogP contribution in [0.25, 0.3) is 0 Å². The molecular weight excluding hydrogens is 434 g/mol. The van der Waals surface area contributed by atoms with Gasteiger partial charge in [0, 0.05) is 18.8 Å². The molecule has 8 nitrogen and oxygen atoms in total. The molecule has 5 aliphatic rings. The van der Waals surface area contributed by atoms with Crippen molar-refractivity contribution in [2.24, 2.45) is 35.0 Å². The first kappa shape index (κ1) is 23.2. The molecule has 186 valence electrons. The van der Waals surface area contributed by atoms with Crippen LogP contribution in [0.1, 0.15) is 57.8 Å². The Morgan fingerprint density at radius 3 is 2.59 bits per heavy atom. The lowest BCUT2D eigenvalue weighted by Crippen LogP contribution is -2.73. The molecule has 0 radical (unpaired) electrons. The van der Waals surface area contributed by atoms with Crippen molar-refractivity contribution >= 4 is 18.1 Å². The topological polar surface area (TPSA) is 121 Å². The maximum Gasteiger partial charge on any atom is 0.370 e. The van der Waals surface area contributed by atoms with Gasteiger partial charge in [0.05, 0.1) is 13.7 Å². The average molecular weight is 472 g/mol. The second-order valence-corrected chi connectivity index (χ2v) is 11.0. The van der Waals surface area contributed by atoms with Crippen LogP contribution in [-0.4, -0.2) is 49.5 Å². The summed E-state index contributed by atoms with van der Waals surface area (Å²) in [6.07, 6.45) is 13.5.